The van der Waals surface area contributed by atoms with Crippen LogP contribution < -0.4 is 0 Å². The largest absolute Gasteiger partial charge is 0.489 e. The zero-order valence-electron chi connectivity index (χ0n) is 10.0. The Balaban J connectivity index is 2.68. The summed E-state index contributed by atoms with van der Waals surface area (Å²) < 4.78 is 11.7. The highest BCUT2D eigenvalue weighted by Gasteiger charge is 2.51. The van der Waals surface area contributed by atoms with Crippen LogP contribution >= 0.6 is 0 Å². The summed E-state index contributed by atoms with van der Waals surface area (Å²) in [4.78, 5) is 0. The van der Waals surface area contributed by atoms with E-state index in [2.05, 4.69) is 41.2 Å². The summed E-state index contributed by atoms with van der Waals surface area (Å²) in [5, 5.41) is 0. The summed E-state index contributed by atoms with van der Waals surface area (Å²) in [7, 11) is -0.222. The van der Waals surface area contributed by atoms with Gasteiger partial charge in [-0.05, 0) is 39.6 Å². The summed E-state index contributed by atoms with van der Waals surface area (Å²) in [6, 6.07) is 0. The zero-order valence-corrected chi connectivity index (χ0v) is 10.0. The molecular formula is C11H21BO2. The van der Waals surface area contributed by atoms with Gasteiger partial charge in [-0.15, -0.1) is 6.58 Å². The molecule has 1 rings (SSSR count). The van der Waals surface area contributed by atoms with Gasteiger partial charge in [-0.3, -0.25) is 0 Å². The van der Waals surface area contributed by atoms with Gasteiger partial charge in [0.1, 0.15) is 0 Å². The Kier molecular flexibility index (Phi) is 3.12. The molecule has 0 atom stereocenters. The molecule has 0 aromatic heterocycles. The van der Waals surface area contributed by atoms with E-state index in [4.69, 9.17) is 9.31 Å². The Morgan fingerprint density at radius 2 is 1.57 bits per heavy atom. The second kappa shape index (κ2) is 3.71. The minimum atomic E-state index is -0.242. The van der Waals surface area contributed by atoms with Crippen LogP contribution in [0.2, 0.25) is 0 Å². The van der Waals surface area contributed by atoms with E-state index in [9.17, 15) is 0 Å². The van der Waals surface area contributed by atoms with Crippen LogP contribution in [0.1, 0.15) is 47.5 Å². The topological polar surface area (TPSA) is 18.5 Å². The van der Waals surface area contributed by atoms with E-state index in [0.717, 1.165) is 18.3 Å². The molecule has 0 aliphatic carbocycles. The molecule has 1 aliphatic rings. The maximum Gasteiger partial charge on any atom is 0.489 e. The molecule has 0 amide bonds. The third-order valence-corrected chi connectivity index (χ3v) is 3.16. The van der Waals surface area contributed by atoms with Crippen LogP contribution in [0.25, 0.3) is 0 Å². The van der Waals surface area contributed by atoms with E-state index in [1.165, 1.54) is 0 Å². The molecule has 1 heterocycles. The normalized spacial score (nSPS) is 23.9. The van der Waals surface area contributed by atoms with Crippen LogP contribution in [0.5, 0.6) is 0 Å². The predicted octanol–water partition coefficient (Wildman–Crippen LogP) is 2.97. The molecule has 80 valence electrons. The maximum atomic E-state index is 5.86. The first-order valence-electron chi connectivity index (χ1n) is 5.33. The highest BCUT2D eigenvalue weighted by Crippen LogP contribution is 2.38. The molecule has 0 N–H and O–H groups in total. The monoisotopic (exact) mass is 196 g/mol. The first-order chi connectivity index (χ1) is 6.30. The highest BCUT2D eigenvalue weighted by atomic mass is 16.7. The first kappa shape index (κ1) is 11.8. The van der Waals surface area contributed by atoms with Gasteiger partial charge in [0.15, 0.2) is 0 Å². The lowest BCUT2D eigenvalue weighted by molar-refractivity contribution is 0.00578. The van der Waals surface area contributed by atoms with Gasteiger partial charge in [-0.25, -0.2) is 0 Å². The summed E-state index contributed by atoms with van der Waals surface area (Å²) >= 11 is 0. The molecule has 0 spiro atoms. The summed E-state index contributed by atoms with van der Waals surface area (Å²) in [5.74, 6) is 0. The first-order valence-corrected chi connectivity index (χ1v) is 5.33. The van der Waals surface area contributed by atoms with E-state index >= 15 is 0 Å². The van der Waals surface area contributed by atoms with Crippen LogP contribution in [0.4, 0.5) is 0 Å². The fourth-order valence-electron chi connectivity index (χ4n) is 1.45. The lowest BCUT2D eigenvalue weighted by atomic mass is 9.77. The van der Waals surface area contributed by atoms with E-state index in [-0.39, 0.29) is 18.3 Å². The minimum absolute atomic E-state index is 0.222. The fourth-order valence-corrected chi connectivity index (χ4v) is 1.45. The summed E-state index contributed by atoms with van der Waals surface area (Å²) in [5.41, 5.74) is 0.564. The Hall–Kier alpha value is -0.275. The Morgan fingerprint density at radius 3 is 1.93 bits per heavy atom. The van der Waals surface area contributed by atoms with E-state index in [0.29, 0.717) is 0 Å². The smallest absolute Gasteiger partial charge is 0.400 e. The Morgan fingerprint density at radius 1 is 1.14 bits per heavy atom. The molecule has 2 nitrogen and oxygen atoms in total. The van der Waals surface area contributed by atoms with Crippen molar-refractivity contribution < 1.29 is 9.31 Å². The molecule has 0 aromatic carbocycles. The molecule has 1 saturated heterocycles. The van der Waals surface area contributed by atoms with Crippen LogP contribution in [0.15, 0.2) is 12.1 Å². The minimum Gasteiger partial charge on any atom is -0.400 e. The Labute approximate surface area is 87.8 Å². The summed E-state index contributed by atoms with van der Waals surface area (Å²) in [6.07, 6.45) is 2.06. The van der Waals surface area contributed by atoms with Crippen molar-refractivity contribution >= 4 is 7.12 Å². The average molecular weight is 196 g/mol. The third kappa shape index (κ3) is 2.04. The molecule has 0 radical (unpaired) electrons. The van der Waals surface area contributed by atoms with Gasteiger partial charge in [0.2, 0.25) is 0 Å². The molecule has 14 heavy (non-hydrogen) atoms. The van der Waals surface area contributed by atoms with Crippen molar-refractivity contribution in [2.45, 2.75) is 58.7 Å². The van der Waals surface area contributed by atoms with Crippen LogP contribution in [0.3, 0.4) is 0 Å². The van der Waals surface area contributed by atoms with Crippen LogP contribution in [-0.4, -0.2) is 18.3 Å². The quantitative estimate of drug-likeness (QED) is 0.646. The number of rotatable bonds is 3. The predicted molar refractivity (Wildman–Crippen MR) is 60.1 cm³/mol. The number of allylic oxidation sites excluding steroid dienone is 1. The lowest BCUT2D eigenvalue weighted by Gasteiger charge is -2.32. The standard InChI is InChI=1S/C11H21BO2/c1-7-8-9(2)12-13-10(3,4)11(5,6)14-12/h2,7-8H2,1,3-6H3. The van der Waals surface area contributed by atoms with Crippen molar-refractivity contribution in [3.05, 3.63) is 12.1 Å². The number of hydrogen-bond acceptors (Lipinski definition) is 2. The maximum absolute atomic E-state index is 5.86. The lowest BCUT2D eigenvalue weighted by Crippen LogP contribution is -2.41. The average Bonchev–Trinajstić information content (AvgIpc) is 2.22. The van der Waals surface area contributed by atoms with Gasteiger partial charge in [0.05, 0.1) is 11.2 Å². The van der Waals surface area contributed by atoms with Crippen molar-refractivity contribution in [2.24, 2.45) is 0 Å². The third-order valence-electron chi connectivity index (χ3n) is 3.16. The van der Waals surface area contributed by atoms with Crippen LogP contribution in [-0.2, 0) is 9.31 Å². The van der Waals surface area contributed by atoms with Crippen molar-refractivity contribution in [3.8, 4) is 0 Å². The van der Waals surface area contributed by atoms with Gasteiger partial charge in [-0.1, -0.05) is 13.3 Å². The van der Waals surface area contributed by atoms with Crippen molar-refractivity contribution in [1.82, 2.24) is 0 Å². The summed E-state index contributed by atoms with van der Waals surface area (Å²) in [6.45, 7) is 14.4. The van der Waals surface area contributed by atoms with E-state index in [1.807, 2.05) is 0 Å². The van der Waals surface area contributed by atoms with Gasteiger partial charge >= 0.3 is 7.12 Å². The van der Waals surface area contributed by atoms with Crippen molar-refractivity contribution in [1.29, 1.82) is 0 Å². The molecular weight excluding hydrogens is 175 g/mol. The van der Waals surface area contributed by atoms with Crippen molar-refractivity contribution in [3.63, 3.8) is 0 Å². The van der Waals surface area contributed by atoms with Gasteiger partial charge < -0.3 is 9.31 Å². The SMILES string of the molecule is C=C(CCC)B1OC(C)(C)C(C)(C)O1. The van der Waals surface area contributed by atoms with Gasteiger partial charge in [0, 0.05) is 0 Å². The molecule has 0 aromatic rings. The van der Waals surface area contributed by atoms with E-state index < -0.39 is 0 Å². The fraction of sp³-hybridized carbons (Fsp3) is 0.818. The Bertz CT molecular complexity index is 217. The van der Waals surface area contributed by atoms with Crippen LogP contribution in [0, 0.1) is 0 Å². The molecule has 0 bridgehead atoms. The second-order valence-corrected chi connectivity index (χ2v) is 5.00. The van der Waals surface area contributed by atoms with E-state index in [1.54, 1.807) is 0 Å². The molecule has 0 saturated carbocycles. The van der Waals surface area contributed by atoms with Crippen molar-refractivity contribution in [2.75, 3.05) is 0 Å². The second-order valence-electron chi connectivity index (χ2n) is 5.00. The highest BCUT2D eigenvalue weighted by molar-refractivity contribution is 6.54. The van der Waals surface area contributed by atoms with Gasteiger partial charge in [-0.2, -0.15) is 0 Å². The molecule has 0 unspecified atom stereocenters. The zero-order chi connectivity index (χ0) is 11.0. The van der Waals surface area contributed by atoms with Gasteiger partial charge in [0.25, 0.3) is 0 Å². The molecule has 1 aliphatic heterocycles. The molecule has 1 fully saturated rings. The molecule has 3 heteroatoms. The number of hydrogen-bond donors (Lipinski definition) is 0.